The van der Waals surface area contributed by atoms with Crippen LogP contribution in [0.1, 0.15) is 11.1 Å². The highest BCUT2D eigenvalue weighted by Crippen LogP contribution is 2.41. The number of halogens is 2. The summed E-state index contributed by atoms with van der Waals surface area (Å²) in [6.07, 6.45) is 0. The van der Waals surface area contributed by atoms with Gasteiger partial charge in [-0.15, -0.1) is 0 Å². The molecule has 2 nitrogen and oxygen atoms in total. The van der Waals surface area contributed by atoms with E-state index in [2.05, 4.69) is 0 Å². The van der Waals surface area contributed by atoms with Gasteiger partial charge in [-0.25, -0.2) is 0 Å². The van der Waals surface area contributed by atoms with Crippen LogP contribution in [0.3, 0.4) is 0 Å². The van der Waals surface area contributed by atoms with Crippen LogP contribution in [0.4, 0.5) is 5.69 Å². The molecule has 4 heteroatoms. The van der Waals surface area contributed by atoms with Crippen molar-refractivity contribution in [2.45, 2.75) is 13.8 Å². The summed E-state index contributed by atoms with van der Waals surface area (Å²) in [5, 5.41) is 0.964. The molecule has 0 aliphatic carbocycles. The Balaban J connectivity index is 3.56. The van der Waals surface area contributed by atoms with Crippen molar-refractivity contribution >= 4 is 28.9 Å². The predicted molar refractivity (Wildman–Crippen MR) is 56.9 cm³/mol. The van der Waals surface area contributed by atoms with E-state index in [1.54, 1.807) is 0 Å². The van der Waals surface area contributed by atoms with E-state index >= 15 is 0 Å². The van der Waals surface area contributed by atoms with Gasteiger partial charge in [0.1, 0.15) is 0 Å². The van der Waals surface area contributed by atoms with Crippen molar-refractivity contribution in [3.63, 3.8) is 0 Å². The molecule has 0 amide bonds. The van der Waals surface area contributed by atoms with Crippen molar-refractivity contribution in [2.24, 2.45) is 0 Å². The van der Waals surface area contributed by atoms with Gasteiger partial charge in [-0.1, -0.05) is 23.2 Å². The fraction of sp³-hybridized carbons (Fsp3) is 0.333. The third-order valence-electron chi connectivity index (χ3n) is 2.07. The molecule has 0 radical (unpaired) electrons. The smallest absolute Gasteiger partial charge is 0.156 e. The van der Waals surface area contributed by atoms with Crippen LogP contribution in [0.5, 0.6) is 5.75 Å². The van der Waals surface area contributed by atoms with E-state index in [9.17, 15) is 0 Å². The van der Waals surface area contributed by atoms with Gasteiger partial charge in [-0.05, 0) is 25.0 Å². The number of nitrogen functional groups attached to an aromatic ring is 1. The van der Waals surface area contributed by atoms with E-state index in [4.69, 9.17) is 33.7 Å². The molecule has 1 aromatic carbocycles. The average molecular weight is 220 g/mol. The summed E-state index contributed by atoms with van der Waals surface area (Å²) in [6.45, 7) is 3.67. The summed E-state index contributed by atoms with van der Waals surface area (Å²) in [5.41, 5.74) is 8.02. The quantitative estimate of drug-likeness (QED) is 0.737. The Labute approximate surface area is 87.6 Å². The fourth-order valence-corrected chi connectivity index (χ4v) is 1.73. The summed E-state index contributed by atoms with van der Waals surface area (Å²) in [4.78, 5) is 0. The van der Waals surface area contributed by atoms with Gasteiger partial charge in [0.05, 0.1) is 17.2 Å². The monoisotopic (exact) mass is 219 g/mol. The van der Waals surface area contributed by atoms with Crippen LogP contribution in [-0.4, -0.2) is 7.11 Å². The van der Waals surface area contributed by atoms with Crippen LogP contribution in [-0.2, 0) is 0 Å². The minimum atomic E-state index is 0.482. The maximum absolute atomic E-state index is 5.99. The van der Waals surface area contributed by atoms with E-state index < -0.39 is 0 Å². The molecule has 0 bridgehead atoms. The minimum Gasteiger partial charge on any atom is -0.494 e. The zero-order valence-corrected chi connectivity index (χ0v) is 9.25. The first-order chi connectivity index (χ1) is 6.00. The van der Waals surface area contributed by atoms with E-state index in [1.165, 1.54) is 7.11 Å². The molecule has 0 unspecified atom stereocenters. The predicted octanol–water partition coefficient (Wildman–Crippen LogP) is 3.20. The average Bonchev–Trinajstić information content (AvgIpc) is 2.13. The molecular formula is C9H11Cl2NO. The molecule has 0 aliphatic rings. The van der Waals surface area contributed by atoms with E-state index in [0.29, 0.717) is 21.5 Å². The van der Waals surface area contributed by atoms with Gasteiger partial charge in [-0.2, -0.15) is 0 Å². The van der Waals surface area contributed by atoms with Gasteiger partial charge in [0, 0.05) is 5.69 Å². The van der Waals surface area contributed by atoms with Gasteiger partial charge in [-0.3, -0.25) is 0 Å². The standard InChI is InChI=1S/C9H11Cl2NO/c1-4-6(10)9(13-3)7(11)5(2)8(4)12/h12H2,1-3H3. The van der Waals surface area contributed by atoms with Crippen molar-refractivity contribution in [3.05, 3.63) is 21.2 Å². The van der Waals surface area contributed by atoms with Gasteiger partial charge in [0.25, 0.3) is 0 Å². The largest absolute Gasteiger partial charge is 0.494 e. The van der Waals surface area contributed by atoms with Crippen LogP contribution >= 0.6 is 23.2 Å². The summed E-state index contributed by atoms with van der Waals surface area (Å²) >= 11 is 12.0. The Kier molecular flexibility index (Phi) is 2.94. The second-order valence-corrected chi connectivity index (χ2v) is 3.58. The van der Waals surface area contributed by atoms with Crippen molar-refractivity contribution in [1.29, 1.82) is 0 Å². The maximum Gasteiger partial charge on any atom is 0.156 e. The second-order valence-electron chi connectivity index (χ2n) is 2.82. The number of rotatable bonds is 1. The number of hydrogen-bond donors (Lipinski definition) is 1. The van der Waals surface area contributed by atoms with Crippen LogP contribution in [0.2, 0.25) is 10.0 Å². The first-order valence-electron chi connectivity index (χ1n) is 3.78. The first-order valence-corrected chi connectivity index (χ1v) is 4.53. The Bertz CT molecular complexity index is 321. The molecule has 0 aliphatic heterocycles. The van der Waals surface area contributed by atoms with Crippen molar-refractivity contribution in [3.8, 4) is 5.75 Å². The van der Waals surface area contributed by atoms with Crippen molar-refractivity contribution in [2.75, 3.05) is 12.8 Å². The molecule has 72 valence electrons. The van der Waals surface area contributed by atoms with Crippen molar-refractivity contribution < 1.29 is 4.74 Å². The lowest BCUT2D eigenvalue weighted by Crippen LogP contribution is -1.98. The lowest BCUT2D eigenvalue weighted by molar-refractivity contribution is 0.414. The molecule has 0 atom stereocenters. The summed E-state index contributed by atoms with van der Waals surface area (Å²) in [7, 11) is 1.53. The molecule has 13 heavy (non-hydrogen) atoms. The number of nitrogens with two attached hydrogens (primary N) is 1. The third-order valence-corrected chi connectivity index (χ3v) is 2.98. The van der Waals surface area contributed by atoms with Crippen LogP contribution < -0.4 is 10.5 Å². The highest BCUT2D eigenvalue weighted by molar-refractivity contribution is 6.38. The Hall–Kier alpha value is -0.600. The Morgan fingerprint density at radius 3 is 1.77 bits per heavy atom. The molecule has 0 fully saturated rings. The van der Waals surface area contributed by atoms with Gasteiger partial charge >= 0.3 is 0 Å². The fourth-order valence-electron chi connectivity index (χ4n) is 1.13. The van der Waals surface area contributed by atoms with Crippen LogP contribution in [0, 0.1) is 13.8 Å². The number of ether oxygens (including phenoxy) is 1. The van der Waals surface area contributed by atoms with Crippen LogP contribution in [0.25, 0.3) is 0 Å². The molecule has 2 N–H and O–H groups in total. The molecule has 0 aromatic heterocycles. The van der Waals surface area contributed by atoms with Crippen LogP contribution in [0.15, 0.2) is 0 Å². The zero-order valence-electron chi connectivity index (χ0n) is 7.74. The summed E-state index contributed by atoms with van der Waals surface area (Å²) in [6, 6.07) is 0. The number of methoxy groups -OCH3 is 1. The zero-order chi connectivity index (χ0) is 10.2. The topological polar surface area (TPSA) is 35.2 Å². The lowest BCUT2D eigenvalue weighted by Gasteiger charge is -2.13. The molecule has 0 heterocycles. The maximum atomic E-state index is 5.99. The van der Waals surface area contributed by atoms with E-state index in [1.807, 2.05) is 13.8 Å². The molecule has 0 saturated heterocycles. The minimum absolute atomic E-state index is 0.482. The molecule has 0 spiro atoms. The summed E-state index contributed by atoms with van der Waals surface area (Å²) < 4.78 is 5.07. The third kappa shape index (κ3) is 1.56. The van der Waals surface area contributed by atoms with E-state index in [-0.39, 0.29) is 0 Å². The molecule has 1 rings (SSSR count). The SMILES string of the molecule is COc1c(Cl)c(C)c(N)c(C)c1Cl. The number of benzene rings is 1. The highest BCUT2D eigenvalue weighted by atomic mass is 35.5. The summed E-state index contributed by atoms with van der Waals surface area (Å²) in [5.74, 6) is 0.493. The lowest BCUT2D eigenvalue weighted by atomic mass is 10.1. The van der Waals surface area contributed by atoms with Gasteiger partial charge in [0.2, 0.25) is 0 Å². The van der Waals surface area contributed by atoms with Crippen molar-refractivity contribution in [1.82, 2.24) is 0 Å². The first kappa shape index (κ1) is 10.5. The normalized spacial score (nSPS) is 10.2. The van der Waals surface area contributed by atoms with Gasteiger partial charge < -0.3 is 10.5 Å². The number of anilines is 1. The second kappa shape index (κ2) is 3.64. The van der Waals surface area contributed by atoms with E-state index in [0.717, 1.165) is 11.1 Å². The van der Waals surface area contributed by atoms with Gasteiger partial charge in [0.15, 0.2) is 5.75 Å². The molecular weight excluding hydrogens is 209 g/mol. The highest BCUT2D eigenvalue weighted by Gasteiger charge is 2.15. The Morgan fingerprint density at radius 1 is 1.08 bits per heavy atom. The molecule has 1 aromatic rings. The Morgan fingerprint density at radius 2 is 1.46 bits per heavy atom. The number of hydrogen-bond acceptors (Lipinski definition) is 2. The molecule has 0 saturated carbocycles.